The Hall–Kier alpha value is -2.42. The molecule has 0 aromatic heterocycles. The van der Waals surface area contributed by atoms with Gasteiger partial charge < -0.3 is 5.32 Å². The number of halogens is 2. The summed E-state index contributed by atoms with van der Waals surface area (Å²) in [5.41, 5.74) is 0.186. The van der Waals surface area contributed by atoms with E-state index < -0.39 is 35.0 Å². The number of carbonyl (C=O) groups excluding carboxylic acids is 3. The fourth-order valence-electron chi connectivity index (χ4n) is 5.13. The molecule has 0 saturated carbocycles. The molecule has 2 aromatic carbocycles. The molecule has 2 fully saturated rings. The first-order valence-corrected chi connectivity index (χ1v) is 11.7. The molecule has 2 saturated heterocycles. The summed E-state index contributed by atoms with van der Waals surface area (Å²) in [5.74, 6) is -2.70. The van der Waals surface area contributed by atoms with Crippen LogP contribution in [0.25, 0.3) is 0 Å². The van der Waals surface area contributed by atoms with Gasteiger partial charge in [0.2, 0.25) is 17.7 Å². The smallest absolute Gasteiger partial charge is 0.250 e. The third kappa shape index (κ3) is 2.78. The van der Waals surface area contributed by atoms with E-state index in [0.29, 0.717) is 17.7 Å². The van der Waals surface area contributed by atoms with Gasteiger partial charge in [-0.3, -0.25) is 19.7 Å². The lowest BCUT2D eigenvalue weighted by atomic mass is 9.76. The highest BCUT2D eigenvalue weighted by molar-refractivity contribution is 7.98. The van der Waals surface area contributed by atoms with Crippen LogP contribution in [0.2, 0.25) is 5.02 Å². The molecule has 3 amide bonds. The first-order chi connectivity index (χ1) is 14.9. The van der Waals surface area contributed by atoms with Gasteiger partial charge in [-0.1, -0.05) is 29.8 Å². The van der Waals surface area contributed by atoms with Crippen molar-refractivity contribution in [3.05, 3.63) is 58.9 Å². The van der Waals surface area contributed by atoms with Gasteiger partial charge in [-0.15, -0.1) is 0 Å². The summed E-state index contributed by atoms with van der Waals surface area (Å²) in [7, 11) is 0. The number of carbonyl (C=O) groups is 3. The van der Waals surface area contributed by atoms with Gasteiger partial charge in [0.05, 0.1) is 22.5 Å². The maximum Gasteiger partial charge on any atom is 0.250 e. The highest BCUT2D eigenvalue weighted by Gasteiger charge is 2.70. The van der Waals surface area contributed by atoms with Crippen molar-refractivity contribution in [1.82, 2.24) is 5.32 Å². The van der Waals surface area contributed by atoms with Gasteiger partial charge in [-0.25, -0.2) is 9.29 Å². The van der Waals surface area contributed by atoms with Crippen LogP contribution in [0, 0.1) is 17.7 Å². The average molecular weight is 460 g/mol. The largest absolute Gasteiger partial charge is 0.324 e. The topological polar surface area (TPSA) is 78.5 Å². The van der Waals surface area contributed by atoms with Crippen LogP contribution in [-0.2, 0) is 19.9 Å². The van der Waals surface area contributed by atoms with E-state index in [0.717, 1.165) is 16.7 Å². The molecule has 9 heteroatoms. The Bertz CT molecular complexity index is 1130. The summed E-state index contributed by atoms with van der Waals surface area (Å²) in [4.78, 5) is 41.5. The van der Waals surface area contributed by atoms with E-state index in [-0.39, 0.29) is 22.7 Å². The Balaban J connectivity index is 1.65. The monoisotopic (exact) mass is 459 g/mol. The molecule has 0 radical (unpaired) electrons. The zero-order valence-electron chi connectivity index (χ0n) is 16.5. The molecule has 2 aromatic rings. The minimum atomic E-state index is -1.32. The quantitative estimate of drug-likeness (QED) is 0.687. The Morgan fingerprint density at radius 1 is 1.16 bits per heavy atom. The van der Waals surface area contributed by atoms with Gasteiger partial charge in [0, 0.05) is 17.3 Å². The number of rotatable bonds is 4. The number of fused-ring (bicyclic) bond motifs is 4. The molecule has 160 valence electrons. The molecular formula is C22H19ClFN3O3S. The highest BCUT2D eigenvalue weighted by Crippen LogP contribution is 2.54. The summed E-state index contributed by atoms with van der Waals surface area (Å²) in [6, 6.07) is 10.6. The molecule has 0 aliphatic carbocycles. The third-order valence-corrected chi connectivity index (χ3v) is 7.35. The second kappa shape index (κ2) is 7.32. The molecule has 31 heavy (non-hydrogen) atoms. The number of nitrogens with zero attached hydrogens (tertiary/aromatic N) is 1. The molecule has 0 bridgehead atoms. The standard InChI is InChI=1S/C22H19ClFN3O3S/c1-31-9-8-16-17-18(22(26-16)12-4-2-3-5-15(12)25-21(22)30)20(29)27(19(17)28)11-6-7-14(24)13(23)10-11/h2-7,10,16-18,26H,8-9H2,1H3,(H,25,30)/t16-,17+,18+,22-/m0/s1. The first-order valence-electron chi connectivity index (χ1n) is 9.90. The van der Waals surface area contributed by atoms with Crippen LogP contribution in [0.4, 0.5) is 15.8 Å². The number of benzene rings is 2. The predicted molar refractivity (Wildman–Crippen MR) is 118 cm³/mol. The van der Waals surface area contributed by atoms with E-state index in [4.69, 9.17) is 11.6 Å². The molecular weight excluding hydrogens is 441 g/mol. The van der Waals surface area contributed by atoms with Crippen molar-refractivity contribution in [2.45, 2.75) is 18.0 Å². The minimum absolute atomic E-state index is 0.175. The lowest BCUT2D eigenvalue weighted by Crippen LogP contribution is -2.53. The fraction of sp³-hybridized carbons (Fsp3) is 0.318. The van der Waals surface area contributed by atoms with Crippen LogP contribution in [0.1, 0.15) is 12.0 Å². The Morgan fingerprint density at radius 2 is 1.94 bits per heavy atom. The third-order valence-electron chi connectivity index (χ3n) is 6.42. The molecule has 1 spiro atoms. The SMILES string of the molecule is CSCC[C@@H]1N[C@]2(C(=O)Nc3ccccc32)[C@H]2C(=O)N(c3ccc(F)c(Cl)c3)C(=O)[C@H]12. The summed E-state index contributed by atoms with van der Waals surface area (Å²) in [6.07, 6.45) is 2.59. The van der Waals surface area contributed by atoms with Crippen LogP contribution >= 0.6 is 23.4 Å². The number of para-hydroxylation sites is 1. The molecule has 5 rings (SSSR count). The molecule has 3 aliphatic rings. The van der Waals surface area contributed by atoms with Gasteiger partial charge in [0.25, 0.3) is 0 Å². The van der Waals surface area contributed by atoms with Crippen molar-refractivity contribution < 1.29 is 18.8 Å². The number of nitrogens with one attached hydrogen (secondary N) is 2. The summed E-state index contributed by atoms with van der Waals surface area (Å²) in [5, 5.41) is 6.07. The Morgan fingerprint density at radius 3 is 2.68 bits per heavy atom. The number of hydrogen-bond donors (Lipinski definition) is 2. The molecule has 6 nitrogen and oxygen atoms in total. The predicted octanol–water partition coefficient (Wildman–Crippen LogP) is 3.16. The second-order valence-electron chi connectivity index (χ2n) is 7.95. The lowest BCUT2D eigenvalue weighted by molar-refractivity contribution is -0.130. The van der Waals surface area contributed by atoms with Gasteiger partial charge in [0.1, 0.15) is 11.4 Å². The lowest BCUT2D eigenvalue weighted by Gasteiger charge is -2.29. The number of imide groups is 1. The van der Waals surface area contributed by atoms with Crippen LogP contribution in [0.5, 0.6) is 0 Å². The second-order valence-corrected chi connectivity index (χ2v) is 9.35. The van der Waals surface area contributed by atoms with Crippen LogP contribution < -0.4 is 15.5 Å². The molecule has 3 aliphatic heterocycles. The van der Waals surface area contributed by atoms with Crippen molar-refractivity contribution in [2.75, 3.05) is 22.2 Å². The maximum absolute atomic E-state index is 13.7. The summed E-state index contributed by atoms with van der Waals surface area (Å²) >= 11 is 7.55. The van der Waals surface area contributed by atoms with Crippen molar-refractivity contribution in [3.63, 3.8) is 0 Å². The van der Waals surface area contributed by atoms with Gasteiger partial charge in [0.15, 0.2) is 0 Å². The van der Waals surface area contributed by atoms with E-state index in [2.05, 4.69) is 10.6 Å². The summed E-state index contributed by atoms with van der Waals surface area (Å²) in [6.45, 7) is 0. The van der Waals surface area contributed by atoms with Crippen molar-refractivity contribution in [3.8, 4) is 0 Å². The van der Waals surface area contributed by atoms with E-state index in [1.807, 2.05) is 24.5 Å². The number of amides is 3. The van der Waals surface area contributed by atoms with Gasteiger partial charge >= 0.3 is 0 Å². The normalized spacial score (nSPS) is 28.9. The Kier molecular flexibility index (Phi) is 4.84. The van der Waals surface area contributed by atoms with Crippen molar-refractivity contribution in [2.24, 2.45) is 11.8 Å². The minimum Gasteiger partial charge on any atom is -0.324 e. The Labute approximate surface area is 187 Å². The van der Waals surface area contributed by atoms with Crippen LogP contribution in [-0.4, -0.2) is 35.8 Å². The molecule has 0 unspecified atom stereocenters. The number of hydrogen-bond acceptors (Lipinski definition) is 5. The van der Waals surface area contributed by atoms with Crippen LogP contribution in [0.3, 0.4) is 0 Å². The molecule has 2 N–H and O–H groups in total. The fourth-order valence-corrected chi connectivity index (χ4v) is 5.79. The maximum atomic E-state index is 13.7. The van der Waals surface area contributed by atoms with E-state index >= 15 is 0 Å². The molecule has 3 heterocycles. The summed E-state index contributed by atoms with van der Waals surface area (Å²) < 4.78 is 13.7. The van der Waals surface area contributed by atoms with Crippen LogP contribution in [0.15, 0.2) is 42.5 Å². The van der Waals surface area contributed by atoms with Crippen molar-refractivity contribution >= 4 is 52.5 Å². The number of anilines is 2. The average Bonchev–Trinajstić information content (AvgIpc) is 3.33. The molecule has 4 atom stereocenters. The zero-order chi connectivity index (χ0) is 21.9. The van der Waals surface area contributed by atoms with Gasteiger partial charge in [-0.05, 0) is 42.7 Å². The van der Waals surface area contributed by atoms with E-state index in [1.165, 1.54) is 12.1 Å². The first kappa shape index (κ1) is 20.5. The number of thioether (sulfide) groups is 1. The van der Waals surface area contributed by atoms with Gasteiger partial charge in [-0.2, -0.15) is 11.8 Å². The van der Waals surface area contributed by atoms with Crippen molar-refractivity contribution in [1.29, 1.82) is 0 Å². The highest BCUT2D eigenvalue weighted by atomic mass is 35.5. The van der Waals surface area contributed by atoms with E-state index in [1.54, 1.807) is 17.8 Å². The van der Waals surface area contributed by atoms with E-state index in [9.17, 15) is 18.8 Å². The zero-order valence-corrected chi connectivity index (χ0v) is 18.1.